The third-order valence-electron chi connectivity index (χ3n) is 5.15. The molecule has 32 heavy (non-hydrogen) atoms. The van der Waals surface area contributed by atoms with Crippen LogP contribution in [0, 0.1) is 0 Å². The van der Waals surface area contributed by atoms with Crippen molar-refractivity contribution in [1.29, 1.82) is 0 Å². The maximum Gasteiger partial charge on any atom is 0.310 e. The summed E-state index contributed by atoms with van der Waals surface area (Å²) in [4.78, 5) is 12.0. The van der Waals surface area contributed by atoms with Crippen molar-refractivity contribution < 1.29 is 45.5 Å². The number of carbonyl (C=O) groups is 1. The van der Waals surface area contributed by atoms with Crippen molar-refractivity contribution in [3.05, 3.63) is 60.3 Å². The Labute approximate surface area is 195 Å². The summed E-state index contributed by atoms with van der Waals surface area (Å²) in [5, 5.41) is 0. The van der Waals surface area contributed by atoms with Crippen LogP contribution in [0.2, 0.25) is 0 Å². The molecular weight excluding hydrogens is 434 g/mol. The van der Waals surface area contributed by atoms with Crippen LogP contribution in [-0.4, -0.2) is 27.3 Å². The van der Waals surface area contributed by atoms with E-state index in [1.54, 1.807) is 21.3 Å². The fourth-order valence-electron chi connectivity index (χ4n) is 3.52. The number of esters is 1. The molecule has 174 valence electrons. The van der Waals surface area contributed by atoms with E-state index < -0.39 is 0 Å². The second kappa shape index (κ2) is 12.8. The Morgan fingerprint density at radius 2 is 1.75 bits per heavy atom. The lowest BCUT2D eigenvalue weighted by Gasteiger charge is -2.17. The predicted molar refractivity (Wildman–Crippen MR) is 114 cm³/mol. The molecule has 0 spiro atoms. The number of allylic oxidation sites excluding steroid dienone is 1. The molecule has 7 nitrogen and oxygen atoms in total. The van der Waals surface area contributed by atoms with Crippen LogP contribution in [0.15, 0.2) is 54.7 Å². The largest absolute Gasteiger partial charge is 1.00 e. The van der Waals surface area contributed by atoms with Gasteiger partial charge in [-0.1, -0.05) is 6.07 Å². The molecule has 1 saturated heterocycles. The Kier molecular flexibility index (Phi) is 10.1. The van der Waals surface area contributed by atoms with Crippen LogP contribution in [-0.2, 0) is 20.8 Å². The van der Waals surface area contributed by atoms with Gasteiger partial charge in [0.2, 0.25) is 5.75 Å². The summed E-state index contributed by atoms with van der Waals surface area (Å²) in [6, 6.07) is 9.73. The zero-order chi connectivity index (χ0) is 22.1. The van der Waals surface area contributed by atoms with Gasteiger partial charge in [-0.2, -0.15) is 0 Å². The Hall–Kier alpha value is -2.93. The van der Waals surface area contributed by atoms with Crippen molar-refractivity contribution in [2.75, 3.05) is 21.3 Å². The minimum Gasteiger partial charge on any atom is -1.00 e. The summed E-state index contributed by atoms with van der Waals surface area (Å²) in [5.74, 6) is 2.12. The number of pyridine rings is 1. The molecule has 1 aliphatic rings. The molecule has 3 rings (SSSR count). The van der Waals surface area contributed by atoms with Gasteiger partial charge >= 0.3 is 5.97 Å². The third-order valence-corrected chi connectivity index (χ3v) is 5.15. The van der Waals surface area contributed by atoms with Crippen molar-refractivity contribution in [2.45, 2.75) is 44.8 Å². The van der Waals surface area contributed by atoms with Crippen molar-refractivity contribution in [2.24, 2.45) is 0 Å². The third kappa shape index (κ3) is 6.79. The van der Waals surface area contributed by atoms with Crippen molar-refractivity contribution >= 4 is 5.97 Å². The average Bonchev–Trinajstić information content (AvgIpc) is 3.29. The smallest absolute Gasteiger partial charge is 0.310 e. The van der Waals surface area contributed by atoms with Crippen LogP contribution in [0.1, 0.15) is 43.8 Å². The summed E-state index contributed by atoms with van der Waals surface area (Å²) >= 11 is 0. The minimum atomic E-state index is -0.245. The Morgan fingerprint density at radius 1 is 1.06 bits per heavy atom. The molecule has 0 amide bonds. The number of nitrogens with zero attached hydrogens (tertiary/aromatic N) is 1. The van der Waals surface area contributed by atoms with E-state index in [-0.39, 0.29) is 24.5 Å². The SMILES string of the molecule is COc1cc(C2CCC(=COC(=O)CCCC[n+]3ccccc3)O2)cc(OC)c1OC.[Cl-]. The zero-order valence-electron chi connectivity index (χ0n) is 18.7. The summed E-state index contributed by atoms with van der Waals surface area (Å²) in [7, 11) is 4.74. The van der Waals surface area contributed by atoms with E-state index in [4.69, 9.17) is 23.7 Å². The van der Waals surface area contributed by atoms with Crippen LogP contribution in [0.4, 0.5) is 0 Å². The number of halogens is 1. The lowest BCUT2D eigenvalue weighted by atomic mass is 10.1. The highest BCUT2D eigenvalue weighted by Gasteiger charge is 2.26. The standard InChI is InChI=1S/C24H30NO6.ClH/c1-27-21-15-18(16-22(28-2)24(21)29-3)20-11-10-19(31-20)17-30-23(26)9-5-8-14-25-12-6-4-7-13-25;/h4,6-7,12-13,15-17,20H,5,8-11,14H2,1-3H3;1H/q+1;/p-1. The lowest BCUT2D eigenvalue weighted by molar-refractivity contribution is -0.697. The summed E-state index contributed by atoms with van der Waals surface area (Å²) in [6.45, 7) is 0.884. The highest BCUT2D eigenvalue weighted by Crippen LogP contribution is 2.43. The molecule has 0 bridgehead atoms. The van der Waals surface area contributed by atoms with Gasteiger partial charge < -0.3 is 36.1 Å². The maximum atomic E-state index is 12.0. The summed E-state index contributed by atoms with van der Waals surface area (Å²) in [6.07, 6.45) is 8.85. The Bertz CT molecular complexity index is 878. The van der Waals surface area contributed by atoms with Crippen LogP contribution in [0.3, 0.4) is 0 Å². The zero-order valence-corrected chi connectivity index (χ0v) is 19.5. The van der Waals surface area contributed by atoms with E-state index in [9.17, 15) is 4.79 Å². The molecule has 1 atom stereocenters. The lowest BCUT2D eigenvalue weighted by Crippen LogP contribution is -3.00. The first-order valence-corrected chi connectivity index (χ1v) is 10.4. The first kappa shape index (κ1) is 25.3. The van der Waals surface area contributed by atoms with Gasteiger partial charge in [0.1, 0.15) is 24.7 Å². The second-order valence-corrected chi connectivity index (χ2v) is 7.25. The van der Waals surface area contributed by atoms with Crippen LogP contribution in [0.25, 0.3) is 0 Å². The Balaban J connectivity index is 0.00000363. The summed E-state index contributed by atoms with van der Waals surface area (Å²) in [5.41, 5.74) is 0.919. The van der Waals surface area contributed by atoms with Crippen LogP contribution < -0.4 is 31.2 Å². The molecule has 0 N–H and O–H groups in total. The molecule has 2 heterocycles. The van der Waals surface area contributed by atoms with Gasteiger partial charge in [0.25, 0.3) is 0 Å². The van der Waals surface area contributed by atoms with E-state index in [0.717, 1.165) is 31.4 Å². The second-order valence-electron chi connectivity index (χ2n) is 7.25. The van der Waals surface area contributed by atoms with E-state index in [2.05, 4.69) is 4.57 Å². The molecule has 1 fully saturated rings. The molecule has 0 saturated carbocycles. The highest BCUT2D eigenvalue weighted by atomic mass is 35.5. The molecule has 1 unspecified atom stereocenters. The number of hydrogen-bond acceptors (Lipinski definition) is 6. The van der Waals surface area contributed by atoms with E-state index >= 15 is 0 Å². The summed E-state index contributed by atoms with van der Waals surface area (Å²) < 4.78 is 29.6. The maximum absolute atomic E-state index is 12.0. The minimum absolute atomic E-state index is 0. The quantitative estimate of drug-likeness (QED) is 0.227. The van der Waals surface area contributed by atoms with Gasteiger partial charge in [0, 0.05) is 31.4 Å². The number of rotatable bonds is 10. The Morgan fingerprint density at radius 3 is 2.38 bits per heavy atom. The van der Waals surface area contributed by atoms with Crippen LogP contribution >= 0.6 is 0 Å². The van der Waals surface area contributed by atoms with Crippen molar-refractivity contribution in [1.82, 2.24) is 0 Å². The number of aryl methyl sites for hydroxylation is 1. The fourth-order valence-corrected chi connectivity index (χ4v) is 3.52. The predicted octanol–water partition coefficient (Wildman–Crippen LogP) is 1.11. The molecule has 1 aliphatic heterocycles. The van der Waals surface area contributed by atoms with Gasteiger partial charge in [-0.15, -0.1) is 0 Å². The van der Waals surface area contributed by atoms with Crippen LogP contribution in [0.5, 0.6) is 17.2 Å². The topological polar surface area (TPSA) is 67.1 Å². The van der Waals surface area contributed by atoms with E-state index in [1.807, 2.05) is 42.7 Å². The number of hydrogen-bond donors (Lipinski definition) is 0. The van der Waals surface area contributed by atoms with Gasteiger partial charge in [-0.3, -0.25) is 4.79 Å². The number of carbonyl (C=O) groups excluding carboxylic acids is 1. The normalized spacial score (nSPS) is 16.1. The van der Waals surface area contributed by atoms with Crippen molar-refractivity contribution in [3.63, 3.8) is 0 Å². The van der Waals surface area contributed by atoms with E-state index in [0.29, 0.717) is 35.8 Å². The fraction of sp³-hybridized carbons (Fsp3) is 0.417. The monoisotopic (exact) mass is 463 g/mol. The van der Waals surface area contributed by atoms with Gasteiger partial charge in [0.05, 0.1) is 21.3 Å². The van der Waals surface area contributed by atoms with Gasteiger partial charge in [-0.25, -0.2) is 4.57 Å². The number of aromatic nitrogens is 1. The molecule has 8 heteroatoms. The number of benzene rings is 1. The number of ether oxygens (including phenoxy) is 5. The first-order valence-electron chi connectivity index (χ1n) is 10.4. The average molecular weight is 464 g/mol. The molecule has 2 aromatic rings. The van der Waals surface area contributed by atoms with Gasteiger partial charge in [0.15, 0.2) is 23.9 Å². The van der Waals surface area contributed by atoms with Gasteiger partial charge in [-0.05, 0) is 30.5 Å². The first-order chi connectivity index (χ1) is 15.1. The van der Waals surface area contributed by atoms with Crippen molar-refractivity contribution in [3.8, 4) is 17.2 Å². The molecule has 1 aromatic carbocycles. The number of methoxy groups -OCH3 is 3. The molecule has 0 radical (unpaired) electrons. The molecule has 1 aromatic heterocycles. The van der Waals surface area contributed by atoms with E-state index in [1.165, 1.54) is 6.26 Å². The molecule has 0 aliphatic carbocycles. The number of unbranched alkanes of at least 4 members (excludes halogenated alkanes) is 1. The molecular formula is C24H30ClNO6. The highest BCUT2D eigenvalue weighted by molar-refractivity contribution is 5.69.